The average Bonchev–Trinajstić information content (AvgIpc) is 3.09. The molecule has 28 heavy (non-hydrogen) atoms. The number of β-lactam (4-membered cyclic amide) rings is 1. The Hall–Kier alpha value is -3.35. The van der Waals surface area contributed by atoms with Crippen LogP contribution in [0.25, 0.3) is 0 Å². The summed E-state index contributed by atoms with van der Waals surface area (Å²) in [7, 11) is 0. The van der Waals surface area contributed by atoms with E-state index < -0.39 is 23.6 Å². The molecule has 0 unspecified atom stereocenters. The van der Waals surface area contributed by atoms with Gasteiger partial charge in [-0.05, 0) is 11.1 Å². The first-order valence-corrected chi connectivity index (χ1v) is 9.07. The van der Waals surface area contributed by atoms with Crippen LogP contribution in [0.1, 0.15) is 17.2 Å². The van der Waals surface area contributed by atoms with Crippen molar-refractivity contribution in [3.05, 3.63) is 71.8 Å². The lowest BCUT2D eigenvalue weighted by molar-refractivity contribution is -0.167. The van der Waals surface area contributed by atoms with Crippen LogP contribution in [0.15, 0.2) is 60.7 Å². The fraction of sp³-hybridized carbons (Fsp3) is 0.286. The Bertz CT molecular complexity index is 902. The van der Waals surface area contributed by atoms with Gasteiger partial charge in [0.2, 0.25) is 0 Å². The highest BCUT2D eigenvalue weighted by atomic mass is 16.6. The van der Waals surface area contributed by atoms with Gasteiger partial charge in [-0.1, -0.05) is 60.7 Å². The number of benzene rings is 2. The fourth-order valence-electron chi connectivity index (χ4n) is 4.09. The number of amides is 2. The van der Waals surface area contributed by atoms with Crippen molar-refractivity contribution < 1.29 is 24.2 Å². The summed E-state index contributed by atoms with van der Waals surface area (Å²) in [6.45, 7) is -0.0642. The Balaban J connectivity index is 1.71. The van der Waals surface area contributed by atoms with Crippen molar-refractivity contribution in [2.24, 2.45) is 0 Å². The predicted molar refractivity (Wildman–Crippen MR) is 99.5 cm³/mol. The zero-order chi connectivity index (χ0) is 19.7. The van der Waals surface area contributed by atoms with Gasteiger partial charge in [0.15, 0.2) is 0 Å². The summed E-state index contributed by atoms with van der Waals surface area (Å²) in [6.07, 6.45) is -0.241. The molecule has 0 radical (unpaired) electrons. The minimum absolute atomic E-state index is 0.158. The van der Waals surface area contributed by atoms with Gasteiger partial charge in [0.25, 0.3) is 5.91 Å². The highest BCUT2D eigenvalue weighted by molar-refractivity contribution is 5.98. The topological polar surface area (TPSA) is 87.2 Å². The highest BCUT2D eigenvalue weighted by Gasteiger charge is 2.61. The normalized spacial score (nSPS) is 24.1. The third-order valence-electron chi connectivity index (χ3n) is 5.32. The third-order valence-corrected chi connectivity index (χ3v) is 5.32. The highest BCUT2D eigenvalue weighted by Crippen LogP contribution is 2.42. The van der Waals surface area contributed by atoms with Crippen molar-refractivity contribution in [3.8, 4) is 0 Å². The van der Waals surface area contributed by atoms with Crippen molar-refractivity contribution in [1.29, 1.82) is 0 Å². The first kappa shape index (κ1) is 18.0. The van der Waals surface area contributed by atoms with Gasteiger partial charge >= 0.3 is 12.1 Å². The summed E-state index contributed by atoms with van der Waals surface area (Å²) in [5.41, 5.74) is 0.632. The monoisotopic (exact) mass is 380 g/mol. The molecule has 2 amide bonds. The molecule has 144 valence electrons. The number of nitrogens with zero attached hydrogens (tertiary/aromatic N) is 2. The molecule has 2 aliphatic heterocycles. The smallest absolute Gasteiger partial charge is 0.411 e. The summed E-state index contributed by atoms with van der Waals surface area (Å²) in [6, 6.07) is 18.5. The third kappa shape index (κ3) is 2.98. The first-order chi connectivity index (χ1) is 13.5. The predicted octanol–water partition coefficient (Wildman–Crippen LogP) is 2.09. The molecule has 0 aliphatic carbocycles. The lowest BCUT2D eigenvalue weighted by Gasteiger charge is -2.53. The molecule has 2 aromatic carbocycles. The largest absolute Gasteiger partial charge is 0.480 e. The van der Waals surface area contributed by atoms with Crippen molar-refractivity contribution in [2.75, 3.05) is 19.7 Å². The molecule has 2 aromatic rings. The van der Waals surface area contributed by atoms with E-state index in [1.54, 1.807) is 0 Å². The maximum absolute atomic E-state index is 13.1. The van der Waals surface area contributed by atoms with E-state index in [9.17, 15) is 14.4 Å². The molecule has 2 saturated heterocycles. The molecule has 1 N–H and O–H groups in total. The molecule has 2 atom stereocenters. The number of cyclic esters (lactones) is 1. The van der Waals surface area contributed by atoms with E-state index in [1.165, 1.54) is 9.80 Å². The number of carbonyl (C=O) groups excluding carboxylic acids is 2. The molecule has 2 aliphatic rings. The Morgan fingerprint density at radius 1 is 1.07 bits per heavy atom. The maximum atomic E-state index is 13.1. The van der Waals surface area contributed by atoms with Gasteiger partial charge in [0.05, 0.1) is 12.6 Å². The first-order valence-electron chi connectivity index (χ1n) is 9.07. The molecular weight excluding hydrogens is 360 g/mol. The zero-order valence-electron chi connectivity index (χ0n) is 15.2. The Kier molecular flexibility index (Phi) is 4.50. The van der Waals surface area contributed by atoms with Crippen LogP contribution in [-0.2, 0) is 20.7 Å². The summed E-state index contributed by atoms with van der Waals surface area (Å²) in [5, 5.41) is 9.07. The van der Waals surface area contributed by atoms with Crippen molar-refractivity contribution in [3.63, 3.8) is 0 Å². The second-order valence-electron chi connectivity index (χ2n) is 7.12. The van der Waals surface area contributed by atoms with Gasteiger partial charge in [0, 0.05) is 6.42 Å². The quantitative estimate of drug-likeness (QED) is 0.776. The molecular formula is C21H20N2O5. The number of carboxylic acids is 1. The molecule has 0 saturated carbocycles. The van der Waals surface area contributed by atoms with Gasteiger partial charge < -0.3 is 14.7 Å². The van der Waals surface area contributed by atoms with Gasteiger partial charge in [0.1, 0.15) is 18.7 Å². The number of carbonyl (C=O) groups is 3. The number of rotatable bonds is 6. The minimum atomic E-state index is -1.15. The number of hydrogen-bond donors (Lipinski definition) is 1. The van der Waals surface area contributed by atoms with E-state index in [0.717, 1.165) is 11.1 Å². The van der Waals surface area contributed by atoms with Crippen LogP contribution < -0.4 is 0 Å². The summed E-state index contributed by atoms with van der Waals surface area (Å²) in [5.74, 6) is -1.44. The van der Waals surface area contributed by atoms with Crippen LogP contribution in [0.2, 0.25) is 0 Å². The SMILES string of the molecule is O=C(O)CN1C[C@@](Cc2ccccc2)(N2C(=O)OC[C@@H]2c2ccccc2)C1=O. The Labute approximate surface area is 162 Å². The van der Waals surface area contributed by atoms with Gasteiger partial charge in [-0.25, -0.2) is 4.79 Å². The molecule has 0 bridgehead atoms. The molecule has 2 fully saturated rings. The molecule has 7 heteroatoms. The van der Waals surface area contributed by atoms with Crippen LogP contribution in [-0.4, -0.2) is 58.1 Å². The Morgan fingerprint density at radius 3 is 2.32 bits per heavy atom. The van der Waals surface area contributed by atoms with Gasteiger partial charge in [-0.15, -0.1) is 0 Å². The van der Waals surface area contributed by atoms with Crippen LogP contribution in [0.3, 0.4) is 0 Å². The van der Waals surface area contributed by atoms with Crippen LogP contribution in [0, 0.1) is 0 Å². The number of likely N-dealkylation sites (tertiary alicyclic amines) is 1. The zero-order valence-corrected chi connectivity index (χ0v) is 15.2. The van der Waals surface area contributed by atoms with Crippen LogP contribution in [0.4, 0.5) is 4.79 Å². The second kappa shape index (κ2) is 6.99. The van der Waals surface area contributed by atoms with E-state index in [2.05, 4.69) is 0 Å². The van der Waals surface area contributed by atoms with E-state index in [4.69, 9.17) is 9.84 Å². The number of aliphatic carboxylic acids is 1. The molecule has 4 rings (SSSR count). The maximum Gasteiger partial charge on any atom is 0.411 e. The lowest BCUT2D eigenvalue weighted by atomic mass is 9.79. The minimum Gasteiger partial charge on any atom is -0.480 e. The molecule has 2 heterocycles. The molecule has 0 spiro atoms. The van der Waals surface area contributed by atoms with E-state index in [0.29, 0.717) is 6.42 Å². The fourth-order valence-corrected chi connectivity index (χ4v) is 4.09. The number of carboxylic acid groups (broad SMARTS) is 1. The summed E-state index contributed by atoms with van der Waals surface area (Å²) < 4.78 is 5.32. The number of hydrogen-bond acceptors (Lipinski definition) is 4. The Morgan fingerprint density at radius 2 is 1.71 bits per heavy atom. The van der Waals surface area contributed by atoms with Gasteiger partial charge in [-0.2, -0.15) is 0 Å². The second-order valence-corrected chi connectivity index (χ2v) is 7.12. The summed E-state index contributed by atoms with van der Waals surface area (Å²) in [4.78, 5) is 39.7. The van der Waals surface area contributed by atoms with E-state index >= 15 is 0 Å². The van der Waals surface area contributed by atoms with Crippen molar-refractivity contribution in [2.45, 2.75) is 18.0 Å². The van der Waals surface area contributed by atoms with Crippen molar-refractivity contribution in [1.82, 2.24) is 9.80 Å². The van der Waals surface area contributed by atoms with E-state index in [-0.39, 0.29) is 25.6 Å². The standard InChI is InChI=1S/C21H20N2O5/c24-18(25)12-22-14-21(19(22)26,11-15-7-3-1-4-8-15)23-17(13-28-20(23)27)16-9-5-2-6-10-16/h1-10,17H,11-14H2,(H,24,25)/t17-,21-/m1/s1. The lowest BCUT2D eigenvalue weighted by Crippen LogP contribution is -2.76. The molecule has 0 aromatic heterocycles. The van der Waals surface area contributed by atoms with Crippen LogP contribution >= 0.6 is 0 Å². The summed E-state index contributed by atoms with van der Waals surface area (Å²) >= 11 is 0. The van der Waals surface area contributed by atoms with Gasteiger partial charge in [-0.3, -0.25) is 14.5 Å². The van der Waals surface area contributed by atoms with Crippen LogP contribution in [0.5, 0.6) is 0 Å². The van der Waals surface area contributed by atoms with Crippen molar-refractivity contribution >= 4 is 18.0 Å². The number of ether oxygens (including phenoxy) is 1. The average molecular weight is 380 g/mol. The molecule has 7 nitrogen and oxygen atoms in total. The van der Waals surface area contributed by atoms with E-state index in [1.807, 2.05) is 60.7 Å².